The molecule has 0 bridgehead atoms. The van der Waals surface area contributed by atoms with Crippen molar-refractivity contribution in [3.05, 3.63) is 71.8 Å². The molecule has 0 radical (unpaired) electrons. The van der Waals surface area contributed by atoms with Crippen LogP contribution in [0.3, 0.4) is 0 Å². The number of esters is 1. The highest BCUT2D eigenvalue weighted by Crippen LogP contribution is 2.18. The van der Waals surface area contributed by atoms with Crippen molar-refractivity contribution in [2.75, 3.05) is 6.54 Å². The largest absolute Gasteiger partial charge is 0.480 e. The van der Waals surface area contributed by atoms with Gasteiger partial charge >= 0.3 is 11.9 Å². The van der Waals surface area contributed by atoms with Crippen molar-refractivity contribution in [3.63, 3.8) is 0 Å². The van der Waals surface area contributed by atoms with Gasteiger partial charge in [0.25, 0.3) is 5.91 Å². The van der Waals surface area contributed by atoms with Gasteiger partial charge in [-0.3, -0.25) is 14.4 Å². The van der Waals surface area contributed by atoms with Gasteiger partial charge in [0.2, 0.25) is 11.8 Å². The Balaban J connectivity index is 1.65. The lowest BCUT2D eigenvalue weighted by Gasteiger charge is -2.25. The van der Waals surface area contributed by atoms with Crippen LogP contribution in [0, 0.1) is 0 Å². The molecule has 2 aromatic rings. The highest BCUT2D eigenvalue weighted by molar-refractivity contribution is 5.98. The van der Waals surface area contributed by atoms with Crippen LogP contribution in [0.5, 0.6) is 0 Å². The molecule has 190 valence electrons. The second-order valence-corrected chi connectivity index (χ2v) is 8.51. The second kappa shape index (κ2) is 12.5. The molecule has 1 aliphatic heterocycles. The summed E-state index contributed by atoms with van der Waals surface area (Å²) in [5, 5.41) is 14.4. The summed E-state index contributed by atoms with van der Waals surface area (Å²) in [5.41, 5.74) is 1.04. The third-order valence-corrected chi connectivity index (χ3v) is 5.81. The lowest BCUT2D eigenvalue weighted by Crippen LogP contribution is -2.52. The first kappa shape index (κ1) is 26.4. The predicted octanol–water partition coefficient (Wildman–Crippen LogP) is 1.50. The number of carbonyl (C=O) groups is 5. The maximum atomic E-state index is 12.8. The molecular formula is C26H29N3O7. The van der Waals surface area contributed by atoms with Gasteiger partial charge in [0.15, 0.2) is 0 Å². The summed E-state index contributed by atoms with van der Waals surface area (Å²) in [5.74, 6) is -3.65. The van der Waals surface area contributed by atoms with E-state index in [1.165, 1.54) is 11.8 Å². The van der Waals surface area contributed by atoms with Crippen LogP contribution >= 0.6 is 0 Å². The first-order valence-corrected chi connectivity index (χ1v) is 11.7. The smallest absolute Gasteiger partial charge is 0.329 e. The van der Waals surface area contributed by atoms with Crippen LogP contribution in [0.1, 0.15) is 42.1 Å². The number of benzene rings is 2. The highest BCUT2D eigenvalue weighted by atomic mass is 16.5. The number of likely N-dealkylation sites (tertiary alicyclic amines) is 1. The molecule has 0 spiro atoms. The van der Waals surface area contributed by atoms with Crippen molar-refractivity contribution in [2.24, 2.45) is 0 Å². The highest BCUT2D eigenvalue weighted by Gasteiger charge is 2.36. The molecule has 0 saturated carbocycles. The van der Waals surface area contributed by atoms with Crippen molar-refractivity contribution < 1.29 is 33.8 Å². The number of nitrogens with zero attached hydrogens (tertiary/aromatic N) is 1. The monoisotopic (exact) mass is 495 g/mol. The van der Waals surface area contributed by atoms with Gasteiger partial charge in [-0.05, 0) is 37.5 Å². The first-order chi connectivity index (χ1) is 17.3. The third-order valence-electron chi connectivity index (χ3n) is 5.81. The van der Waals surface area contributed by atoms with Gasteiger partial charge in [0.1, 0.15) is 24.7 Å². The van der Waals surface area contributed by atoms with Crippen molar-refractivity contribution >= 4 is 29.7 Å². The molecule has 0 aliphatic carbocycles. The normalized spacial score (nSPS) is 16.5. The van der Waals surface area contributed by atoms with Gasteiger partial charge in [-0.15, -0.1) is 0 Å². The van der Waals surface area contributed by atoms with Crippen LogP contribution in [0.2, 0.25) is 0 Å². The zero-order valence-electron chi connectivity index (χ0n) is 19.9. The van der Waals surface area contributed by atoms with Crippen LogP contribution in [0.25, 0.3) is 0 Å². The molecule has 10 heteroatoms. The van der Waals surface area contributed by atoms with E-state index in [2.05, 4.69) is 10.6 Å². The van der Waals surface area contributed by atoms with E-state index in [0.717, 1.165) is 5.56 Å². The van der Waals surface area contributed by atoms with Crippen molar-refractivity contribution in [2.45, 2.75) is 50.9 Å². The Morgan fingerprint density at radius 1 is 1.00 bits per heavy atom. The van der Waals surface area contributed by atoms with Gasteiger partial charge in [-0.2, -0.15) is 0 Å². The fourth-order valence-corrected chi connectivity index (χ4v) is 3.94. The first-order valence-electron chi connectivity index (χ1n) is 11.7. The molecule has 3 rings (SSSR count). The van der Waals surface area contributed by atoms with Crippen LogP contribution in [0.15, 0.2) is 60.7 Å². The maximum Gasteiger partial charge on any atom is 0.329 e. The number of carbonyl (C=O) groups excluding carboxylic acids is 4. The number of hydrogen-bond donors (Lipinski definition) is 3. The fraction of sp³-hybridized carbons (Fsp3) is 0.346. The number of nitrogens with one attached hydrogen (secondary N) is 2. The fourth-order valence-electron chi connectivity index (χ4n) is 3.94. The molecule has 3 atom stereocenters. The Hall–Kier alpha value is -4.21. The molecule has 1 heterocycles. The summed E-state index contributed by atoms with van der Waals surface area (Å²) >= 11 is 0. The van der Waals surface area contributed by atoms with E-state index in [1.54, 1.807) is 54.6 Å². The zero-order valence-corrected chi connectivity index (χ0v) is 19.9. The summed E-state index contributed by atoms with van der Waals surface area (Å²) in [6.07, 6.45) is 0.443. The lowest BCUT2D eigenvalue weighted by molar-refractivity contribution is -0.150. The SMILES string of the molecule is C[C@H](NC(=O)CC(NC(=O)c1ccccc1)C(=O)OCc1ccccc1)C(=O)N1CCC[C@H]1C(=O)O. The molecule has 10 nitrogen and oxygen atoms in total. The summed E-state index contributed by atoms with van der Waals surface area (Å²) in [7, 11) is 0. The van der Waals surface area contributed by atoms with Crippen molar-refractivity contribution in [1.29, 1.82) is 0 Å². The third kappa shape index (κ3) is 7.14. The topological polar surface area (TPSA) is 142 Å². The summed E-state index contributed by atoms with van der Waals surface area (Å²) in [6.45, 7) is 1.69. The van der Waals surface area contributed by atoms with E-state index in [9.17, 15) is 29.1 Å². The molecule has 0 aromatic heterocycles. The molecule has 1 aliphatic rings. The average molecular weight is 496 g/mol. The Morgan fingerprint density at radius 3 is 2.28 bits per heavy atom. The van der Waals surface area contributed by atoms with E-state index >= 15 is 0 Å². The Labute approximate surface area is 208 Å². The van der Waals surface area contributed by atoms with Gasteiger partial charge in [0.05, 0.1) is 6.42 Å². The minimum Gasteiger partial charge on any atom is -0.480 e. The molecular weight excluding hydrogens is 466 g/mol. The maximum absolute atomic E-state index is 12.8. The molecule has 36 heavy (non-hydrogen) atoms. The molecule has 2 aromatic carbocycles. The molecule has 3 amide bonds. The van der Waals surface area contributed by atoms with Gasteiger partial charge < -0.3 is 25.4 Å². The number of rotatable bonds is 10. The lowest BCUT2D eigenvalue weighted by atomic mass is 10.1. The van der Waals surface area contributed by atoms with Crippen LogP contribution in [0.4, 0.5) is 0 Å². The minimum atomic E-state index is -1.30. The van der Waals surface area contributed by atoms with Crippen molar-refractivity contribution in [1.82, 2.24) is 15.5 Å². The summed E-state index contributed by atoms with van der Waals surface area (Å²) < 4.78 is 5.33. The number of carboxylic acids is 1. The number of carboxylic acid groups (broad SMARTS) is 1. The quantitative estimate of drug-likeness (QED) is 0.424. The van der Waals surface area contributed by atoms with Crippen LogP contribution in [-0.4, -0.2) is 64.3 Å². The van der Waals surface area contributed by atoms with Gasteiger partial charge in [-0.25, -0.2) is 9.59 Å². The summed E-state index contributed by atoms with van der Waals surface area (Å²) in [6, 6.07) is 13.9. The van der Waals surface area contributed by atoms with Crippen molar-refractivity contribution in [3.8, 4) is 0 Å². The van der Waals surface area contributed by atoms with E-state index in [1.807, 2.05) is 6.07 Å². The number of aliphatic carboxylic acids is 1. The molecule has 3 N–H and O–H groups in total. The van der Waals surface area contributed by atoms with E-state index in [4.69, 9.17) is 4.74 Å². The van der Waals surface area contributed by atoms with E-state index in [-0.39, 0.29) is 13.2 Å². The Kier molecular flexibility index (Phi) is 9.15. The molecule has 1 fully saturated rings. The number of amides is 3. The standard InChI is InChI=1S/C26H29N3O7/c1-17(24(32)29-14-8-13-21(29)25(33)34)27-22(30)15-20(28-23(31)19-11-6-3-7-12-19)26(35)36-16-18-9-4-2-5-10-18/h2-7,9-12,17,20-21H,8,13-16H2,1H3,(H,27,30)(H,28,31)(H,33,34)/t17-,20?,21-/m0/s1. The molecule has 1 saturated heterocycles. The average Bonchev–Trinajstić information content (AvgIpc) is 3.38. The summed E-state index contributed by atoms with van der Waals surface area (Å²) in [4.78, 5) is 63.5. The van der Waals surface area contributed by atoms with E-state index < -0.39 is 54.2 Å². The van der Waals surface area contributed by atoms with Crippen LogP contribution in [-0.2, 0) is 30.5 Å². The van der Waals surface area contributed by atoms with E-state index in [0.29, 0.717) is 18.4 Å². The van der Waals surface area contributed by atoms with Gasteiger partial charge in [0, 0.05) is 12.1 Å². The number of ether oxygens (including phenoxy) is 1. The Bertz CT molecular complexity index is 1090. The minimum absolute atomic E-state index is 0.0422. The second-order valence-electron chi connectivity index (χ2n) is 8.51. The number of hydrogen-bond acceptors (Lipinski definition) is 6. The molecule has 1 unspecified atom stereocenters. The Morgan fingerprint density at radius 2 is 1.64 bits per heavy atom. The predicted molar refractivity (Wildman–Crippen MR) is 129 cm³/mol. The van der Waals surface area contributed by atoms with Crippen LogP contribution < -0.4 is 10.6 Å². The van der Waals surface area contributed by atoms with Gasteiger partial charge in [-0.1, -0.05) is 48.5 Å². The zero-order chi connectivity index (χ0) is 26.1.